The number of benzene rings is 2. The SMILES string of the molecule is CCCCOc1ccc(OCCCC)c(C(=O)Nc2ccccc2[N+]#N)c1. The van der Waals surface area contributed by atoms with Gasteiger partial charge in [0.2, 0.25) is 5.39 Å². The van der Waals surface area contributed by atoms with Gasteiger partial charge in [-0.05, 0) is 37.1 Å². The Bertz CT molecular complexity index is 799. The molecule has 0 saturated heterocycles. The van der Waals surface area contributed by atoms with E-state index in [1.165, 1.54) is 0 Å². The van der Waals surface area contributed by atoms with Crippen LogP contribution in [-0.2, 0) is 0 Å². The number of amides is 1. The molecule has 0 aromatic heterocycles. The van der Waals surface area contributed by atoms with Gasteiger partial charge in [-0.3, -0.25) is 4.79 Å². The lowest BCUT2D eigenvalue weighted by molar-refractivity contribution is 0.102. The molecular weight excluding hydrogens is 342 g/mol. The van der Waals surface area contributed by atoms with Gasteiger partial charge in [-0.2, -0.15) is 0 Å². The maximum Gasteiger partial charge on any atom is 0.408 e. The number of carbonyl (C=O) groups excluding carboxylic acids is 1. The standard InChI is InChI=1S/C21H25N3O3/c1-3-5-13-26-16-11-12-20(27-14-6-4-2)17(15-16)21(25)23-18-9-7-8-10-19(18)24-22/h7-12,15H,3-6,13-14H2,1-2H3/p+1. The first-order valence-electron chi connectivity index (χ1n) is 9.34. The van der Waals surface area contributed by atoms with Gasteiger partial charge in [0.15, 0.2) is 4.98 Å². The van der Waals surface area contributed by atoms with E-state index in [0.29, 0.717) is 36.0 Å². The fourth-order valence-electron chi connectivity index (χ4n) is 2.42. The lowest BCUT2D eigenvalue weighted by Gasteiger charge is -2.13. The number of carbonyl (C=O) groups is 1. The highest BCUT2D eigenvalue weighted by Gasteiger charge is 2.19. The van der Waals surface area contributed by atoms with Crippen molar-refractivity contribution < 1.29 is 14.3 Å². The lowest BCUT2D eigenvalue weighted by atomic mass is 10.1. The van der Waals surface area contributed by atoms with Crippen LogP contribution in [-0.4, -0.2) is 19.1 Å². The van der Waals surface area contributed by atoms with Crippen molar-refractivity contribution in [2.45, 2.75) is 39.5 Å². The summed E-state index contributed by atoms with van der Waals surface area (Å²) >= 11 is 0. The van der Waals surface area contributed by atoms with E-state index in [2.05, 4.69) is 24.1 Å². The minimum Gasteiger partial charge on any atom is -0.494 e. The first kappa shape index (κ1) is 20.2. The molecule has 0 radical (unpaired) electrons. The fourth-order valence-corrected chi connectivity index (χ4v) is 2.42. The van der Waals surface area contributed by atoms with Gasteiger partial charge < -0.3 is 14.8 Å². The molecule has 0 saturated carbocycles. The number of hydrogen-bond donors (Lipinski definition) is 1. The van der Waals surface area contributed by atoms with Crippen LogP contribution in [0.15, 0.2) is 42.5 Å². The average Bonchev–Trinajstić information content (AvgIpc) is 2.69. The summed E-state index contributed by atoms with van der Waals surface area (Å²) in [5.74, 6) is 0.775. The van der Waals surface area contributed by atoms with Crippen molar-refractivity contribution in [3.05, 3.63) is 53.0 Å². The van der Waals surface area contributed by atoms with Gasteiger partial charge in [0.1, 0.15) is 17.2 Å². The normalized spacial score (nSPS) is 10.1. The zero-order chi connectivity index (χ0) is 19.5. The zero-order valence-corrected chi connectivity index (χ0v) is 15.9. The summed E-state index contributed by atoms with van der Waals surface area (Å²) in [6, 6.07) is 12.0. The number of hydrogen-bond acceptors (Lipinski definition) is 4. The molecule has 0 aliphatic heterocycles. The zero-order valence-electron chi connectivity index (χ0n) is 15.9. The molecule has 0 unspecified atom stereocenters. The predicted molar refractivity (Wildman–Crippen MR) is 106 cm³/mol. The predicted octanol–water partition coefficient (Wildman–Crippen LogP) is 5.78. The number of rotatable bonds is 10. The molecule has 2 aromatic carbocycles. The summed E-state index contributed by atoms with van der Waals surface area (Å²) in [5, 5.41) is 11.9. The number of para-hydroxylation sites is 1. The highest BCUT2D eigenvalue weighted by Crippen LogP contribution is 2.29. The molecule has 2 aromatic rings. The number of ether oxygens (including phenoxy) is 2. The highest BCUT2D eigenvalue weighted by atomic mass is 16.5. The van der Waals surface area contributed by atoms with Crippen molar-refractivity contribution in [3.8, 4) is 11.5 Å². The molecule has 0 aliphatic carbocycles. The molecule has 27 heavy (non-hydrogen) atoms. The molecule has 6 heteroatoms. The van der Waals surface area contributed by atoms with Crippen molar-refractivity contribution in [3.63, 3.8) is 0 Å². The molecule has 0 aliphatic rings. The Balaban J connectivity index is 2.24. The molecule has 0 bridgehead atoms. The average molecular weight is 368 g/mol. The first-order valence-corrected chi connectivity index (χ1v) is 9.34. The third-order valence-corrected chi connectivity index (χ3v) is 3.98. The van der Waals surface area contributed by atoms with E-state index in [9.17, 15) is 4.79 Å². The van der Waals surface area contributed by atoms with Gasteiger partial charge in [0.25, 0.3) is 5.91 Å². The third kappa shape index (κ3) is 6.00. The van der Waals surface area contributed by atoms with Crippen molar-refractivity contribution in [1.82, 2.24) is 0 Å². The molecule has 0 fully saturated rings. The Morgan fingerprint density at radius 2 is 1.74 bits per heavy atom. The van der Waals surface area contributed by atoms with E-state index in [0.717, 1.165) is 25.7 Å². The molecule has 6 nitrogen and oxygen atoms in total. The third-order valence-electron chi connectivity index (χ3n) is 3.98. The van der Waals surface area contributed by atoms with Gasteiger partial charge >= 0.3 is 5.69 Å². The topological polar surface area (TPSA) is 75.7 Å². The molecule has 0 atom stereocenters. The second-order valence-corrected chi connectivity index (χ2v) is 6.13. The van der Waals surface area contributed by atoms with Crippen LogP contribution in [0.1, 0.15) is 49.9 Å². The number of anilines is 1. The number of unbranched alkanes of at least 4 members (excludes halogenated alkanes) is 2. The second kappa shape index (κ2) is 10.8. The molecule has 142 valence electrons. The van der Waals surface area contributed by atoms with Crippen LogP contribution in [0.5, 0.6) is 11.5 Å². The Labute approximate surface area is 160 Å². The van der Waals surface area contributed by atoms with Crippen molar-refractivity contribution in [2.24, 2.45) is 0 Å². The van der Waals surface area contributed by atoms with Gasteiger partial charge in [0.05, 0.1) is 18.8 Å². The number of diazo groups is 1. The van der Waals surface area contributed by atoms with E-state index in [-0.39, 0.29) is 11.6 Å². The monoisotopic (exact) mass is 368 g/mol. The van der Waals surface area contributed by atoms with Crippen LogP contribution in [0.3, 0.4) is 0 Å². The summed E-state index contributed by atoms with van der Waals surface area (Å²) in [6.45, 7) is 5.31. The molecule has 1 amide bonds. The minimum atomic E-state index is -0.349. The lowest BCUT2D eigenvalue weighted by Crippen LogP contribution is -2.14. The minimum absolute atomic E-state index is 0.287. The van der Waals surface area contributed by atoms with Crippen molar-refractivity contribution in [2.75, 3.05) is 18.5 Å². The summed E-state index contributed by atoms with van der Waals surface area (Å²) < 4.78 is 11.5. The van der Waals surface area contributed by atoms with Gasteiger partial charge in [0, 0.05) is 6.07 Å². The summed E-state index contributed by atoms with van der Waals surface area (Å²) in [5.41, 5.74) is 1.09. The first-order chi connectivity index (χ1) is 13.2. The van der Waals surface area contributed by atoms with Crippen LogP contribution in [0.25, 0.3) is 4.98 Å². The van der Waals surface area contributed by atoms with E-state index in [1.807, 2.05) is 6.07 Å². The Morgan fingerprint density at radius 1 is 1.04 bits per heavy atom. The summed E-state index contributed by atoms with van der Waals surface area (Å²) in [4.78, 5) is 16.0. The van der Waals surface area contributed by atoms with Gasteiger partial charge in [-0.15, -0.1) is 0 Å². The molecule has 1 N–H and O–H groups in total. The molecular formula is C21H26N3O3+. The second-order valence-electron chi connectivity index (χ2n) is 6.13. The van der Waals surface area contributed by atoms with Crippen LogP contribution in [0.4, 0.5) is 11.4 Å². The largest absolute Gasteiger partial charge is 0.494 e. The van der Waals surface area contributed by atoms with Crippen molar-refractivity contribution >= 4 is 17.3 Å². The van der Waals surface area contributed by atoms with E-state index in [1.54, 1.807) is 36.4 Å². The smallest absolute Gasteiger partial charge is 0.408 e. The van der Waals surface area contributed by atoms with E-state index < -0.39 is 0 Å². The molecule has 0 heterocycles. The van der Waals surface area contributed by atoms with Crippen LogP contribution < -0.4 is 14.8 Å². The van der Waals surface area contributed by atoms with E-state index >= 15 is 0 Å². The molecule has 2 rings (SSSR count). The molecule has 0 spiro atoms. The Hall–Kier alpha value is -3.07. The summed E-state index contributed by atoms with van der Waals surface area (Å²) in [6.07, 6.45) is 3.89. The van der Waals surface area contributed by atoms with Crippen LogP contribution >= 0.6 is 0 Å². The van der Waals surface area contributed by atoms with Gasteiger partial charge in [-0.25, -0.2) is 0 Å². The number of nitrogens with zero attached hydrogens (tertiary/aromatic N) is 2. The van der Waals surface area contributed by atoms with Crippen LogP contribution in [0, 0.1) is 5.39 Å². The quantitative estimate of drug-likeness (QED) is 0.426. The van der Waals surface area contributed by atoms with Crippen LogP contribution in [0.2, 0.25) is 0 Å². The maximum atomic E-state index is 12.8. The summed E-state index contributed by atoms with van der Waals surface area (Å²) in [7, 11) is 0. The van der Waals surface area contributed by atoms with Crippen molar-refractivity contribution in [1.29, 1.82) is 5.39 Å². The number of nitrogens with one attached hydrogen (secondary N) is 1. The Morgan fingerprint density at radius 3 is 2.44 bits per heavy atom. The van der Waals surface area contributed by atoms with E-state index in [4.69, 9.17) is 14.9 Å². The Kier molecular flexibility index (Phi) is 8.11. The highest BCUT2D eigenvalue weighted by molar-refractivity contribution is 6.07. The van der Waals surface area contributed by atoms with Gasteiger partial charge in [-0.1, -0.05) is 38.8 Å². The maximum absolute atomic E-state index is 12.8. The fraction of sp³-hybridized carbons (Fsp3) is 0.381.